The van der Waals surface area contributed by atoms with E-state index in [0.29, 0.717) is 18.7 Å². The fraction of sp³-hybridized carbons (Fsp3) is 0.909. The lowest BCUT2D eigenvalue weighted by atomic mass is 10.1. The van der Waals surface area contributed by atoms with Gasteiger partial charge in [-0.3, -0.25) is 9.69 Å². The summed E-state index contributed by atoms with van der Waals surface area (Å²) < 4.78 is 0. The van der Waals surface area contributed by atoms with Crippen molar-refractivity contribution in [1.82, 2.24) is 4.90 Å². The predicted octanol–water partition coefficient (Wildman–Crippen LogP) is 1.20. The molecule has 1 fully saturated rings. The van der Waals surface area contributed by atoms with E-state index < -0.39 is 5.60 Å². The number of carbonyl (C=O) groups is 1. The average Bonchev–Trinajstić information content (AvgIpc) is 2.45. The molecule has 0 heterocycles. The quantitative estimate of drug-likeness (QED) is 0.739. The second-order valence-corrected chi connectivity index (χ2v) is 4.75. The van der Waals surface area contributed by atoms with Gasteiger partial charge in [-0.1, -0.05) is 6.92 Å². The molecule has 0 spiro atoms. The minimum Gasteiger partial charge on any atom is -0.389 e. The molecule has 3 heteroatoms. The van der Waals surface area contributed by atoms with Gasteiger partial charge >= 0.3 is 0 Å². The van der Waals surface area contributed by atoms with E-state index in [1.807, 2.05) is 6.92 Å². The number of nitrogens with zero attached hydrogens (tertiary/aromatic N) is 1. The zero-order chi connectivity index (χ0) is 10.8. The summed E-state index contributed by atoms with van der Waals surface area (Å²) in [6.07, 6.45) is 2.68. The Morgan fingerprint density at radius 3 is 2.57 bits per heavy atom. The molecule has 1 aliphatic rings. The Bertz CT molecular complexity index is 208. The molecular formula is C11H21NO2. The molecule has 0 aromatic carbocycles. The van der Waals surface area contributed by atoms with Gasteiger partial charge in [0.15, 0.2) is 0 Å². The number of Topliss-reactive ketones (excluding diaryl/α,β-unsaturated/α-hetero) is 1. The van der Waals surface area contributed by atoms with E-state index in [9.17, 15) is 9.90 Å². The van der Waals surface area contributed by atoms with Crippen molar-refractivity contribution in [2.75, 3.05) is 13.1 Å². The van der Waals surface area contributed by atoms with Crippen LogP contribution in [0.4, 0.5) is 0 Å². The van der Waals surface area contributed by atoms with Crippen LogP contribution in [0.3, 0.4) is 0 Å². The van der Waals surface area contributed by atoms with E-state index in [1.165, 1.54) is 0 Å². The van der Waals surface area contributed by atoms with Crippen molar-refractivity contribution in [3.8, 4) is 0 Å². The van der Waals surface area contributed by atoms with E-state index in [0.717, 1.165) is 19.4 Å². The third-order valence-electron chi connectivity index (χ3n) is 2.71. The van der Waals surface area contributed by atoms with Gasteiger partial charge in [-0.2, -0.15) is 0 Å². The van der Waals surface area contributed by atoms with Crippen LogP contribution in [0.1, 0.15) is 40.0 Å². The van der Waals surface area contributed by atoms with Gasteiger partial charge < -0.3 is 5.11 Å². The molecule has 82 valence electrons. The normalized spacial score (nSPS) is 23.5. The molecule has 1 N–H and O–H groups in total. The molecule has 0 aliphatic heterocycles. The molecule has 1 unspecified atom stereocenters. The Kier molecular flexibility index (Phi) is 3.67. The number of hydrogen-bond donors (Lipinski definition) is 1. The number of aliphatic hydroxyl groups is 1. The lowest BCUT2D eigenvalue weighted by Crippen LogP contribution is -2.46. The smallest absolute Gasteiger partial charge is 0.149 e. The van der Waals surface area contributed by atoms with Crippen molar-refractivity contribution in [2.24, 2.45) is 0 Å². The molecule has 1 saturated carbocycles. The summed E-state index contributed by atoms with van der Waals surface area (Å²) in [5.74, 6) is 0.344. The van der Waals surface area contributed by atoms with Gasteiger partial charge in [-0.25, -0.2) is 0 Å². The molecular weight excluding hydrogens is 178 g/mol. The first-order chi connectivity index (χ1) is 6.44. The summed E-state index contributed by atoms with van der Waals surface area (Å²) >= 11 is 0. The van der Waals surface area contributed by atoms with Crippen LogP contribution < -0.4 is 0 Å². The minimum atomic E-state index is -0.709. The molecule has 3 nitrogen and oxygen atoms in total. The van der Waals surface area contributed by atoms with E-state index in [4.69, 9.17) is 0 Å². The zero-order valence-electron chi connectivity index (χ0n) is 9.42. The van der Waals surface area contributed by atoms with Crippen LogP contribution in [0.15, 0.2) is 0 Å². The molecule has 1 rings (SSSR count). The number of ketones is 1. The number of rotatable bonds is 4. The molecule has 0 saturated heterocycles. The maximum absolute atomic E-state index is 11.5. The Labute approximate surface area is 86.1 Å². The molecule has 0 amide bonds. The average molecular weight is 199 g/mol. The fourth-order valence-corrected chi connectivity index (χ4v) is 2.12. The van der Waals surface area contributed by atoms with Gasteiger partial charge in [-0.05, 0) is 33.2 Å². The van der Waals surface area contributed by atoms with Crippen LogP contribution in [0, 0.1) is 0 Å². The molecule has 0 aromatic rings. The lowest BCUT2D eigenvalue weighted by Gasteiger charge is -2.31. The molecule has 1 atom stereocenters. The Hall–Kier alpha value is -0.410. The first kappa shape index (κ1) is 11.7. The van der Waals surface area contributed by atoms with Crippen LogP contribution in [-0.4, -0.2) is 40.5 Å². The molecule has 1 aliphatic carbocycles. The minimum absolute atomic E-state index is 0.0615. The largest absolute Gasteiger partial charge is 0.389 e. The third kappa shape index (κ3) is 3.07. The highest BCUT2D eigenvalue weighted by atomic mass is 16.3. The Morgan fingerprint density at radius 2 is 2.21 bits per heavy atom. The first-order valence-electron chi connectivity index (χ1n) is 5.43. The van der Waals surface area contributed by atoms with Gasteiger partial charge in [0, 0.05) is 13.0 Å². The predicted molar refractivity (Wildman–Crippen MR) is 56.2 cm³/mol. The van der Waals surface area contributed by atoms with Crippen molar-refractivity contribution >= 4 is 5.78 Å². The highest BCUT2D eigenvalue weighted by Gasteiger charge is 2.31. The van der Waals surface area contributed by atoms with E-state index in [1.54, 1.807) is 13.8 Å². The molecule has 0 bridgehead atoms. The Morgan fingerprint density at radius 1 is 1.57 bits per heavy atom. The maximum atomic E-state index is 11.5. The number of carbonyl (C=O) groups excluding carboxylic acids is 1. The van der Waals surface area contributed by atoms with Crippen molar-refractivity contribution < 1.29 is 9.90 Å². The van der Waals surface area contributed by atoms with Crippen molar-refractivity contribution in [2.45, 2.75) is 51.7 Å². The summed E-state index contributed by atoms with van der Waals surface area (Å²) in [5.41, 5.74) is -0.709. The summed E-state index contributed by atoms with van der Waals surface area (Å²) in [6.45, 7) is 7.03. The van der Waals surface area contributed by atoms with Crippen LogP contribution in [-0.2, 0) is 4.79 Å². The van der Waals surface area contributed by atoms with Crippen LogP contribution in [0.25, 0.3) is 0 Å². The van der Waals surface area contributed by atoms with Crippen LogP contribution in [0.2, 0.25) is 0 Å². The van der Waals surface area contributed by atoms with Gasteiger partial charge in [0.25, 0.3) is 0 Å². The highest BCUT2D eigenvalue weighted by Crippen LogP contribution is 2.21. The van der Waals surface area contributed by atoms with Crippen molar-refractivity contribution in [3.05, 3.63) is 0 Å². The summed E-state index contributed by atoms with van der Waals surface area (Å²) in [7, 11) is 0. The van der Waals surface area contributed by atoms with Crippen molar-refractivity contribution in [1.29, 1.82) is 0 Å². The van der Waals surface area contributed by atoms with Crippen LogP contribution >= 0.6 is 0 Å². The molecule has 14 heavy (non-hydrogen) atoms. The van der Waals surface area contributed by atoms with Crippen molar-refractivity contribution in [3.63, 3.8) is 0 Å². The second-order valence-electron chi connectivity index (χ2n) is 4.75. The molecule has 0 radical (unpaired) electrons. The fourth-order valence-electron chi connectivity index (χ4n) is 2.12. The zero-order valence-corrected chi connectivity index (χ0v) is 9.42. The first-order valence-corrected chi connectivity index (χ1v) is 5.43. The van der Waals surface area contributed by atoms with Crippen LogP contribution in [0.5, 0.6) is 0 Å². The highest BCUT2D eigenvalue weighted by molar-refractivity contribution is 5.85. The summed E-state index contributed by atoms with van der Waals surface area (Å²) in [6, 6.07) is 0.0615. The monoisotopic (exact) mass is 199 g/mol. The second kappa shape index (κ2) is 4.41. The standard InChI is InChI=1S/C11H21NO2/c1-4-12(8-11(2,3)14)9-6-5-7-10(9)13/h9,14H,4-8H2,1-3H3. The van der Waals surface area contributed by atoms with Gasteiger partial charge in [0.1, 0.15) is 5.78 Å². The third-order valence-corrected chi connectivity index (χ3v) is 2.71. The van der Waals surface area contributed by atoms with Gasteiger partial charge in [0.05, 0.1) is 11.6 Å². The summed E-state index contributed by atoms with van der Waals surface area (Å²) in [5, 5.41) is 9.71. The topological polar surface area (TPSA) is 40.5 Å². The van der Waals surface area contributed by atoms with E-state index in [-0.39, 0.29) is 6.04 Å². The maximum Gasteiger partial charge on any atom is 0.149 e. The SMILES string of the molecule is CCN(CC(C)(C)O)C1CCCC1=O. The number of hydrogen-bond acceptors (Lipinski definition) is 3. The Balaban J connectivity index is 2.57. The van der Waals surface area contributed by atoms with Gasteiger partial charge in [0.2, 0.25) is 0 Å². The number of likely N-dealkylation sites (N-methyl/N-ethyl adjacent to an activating group) is 1. The van der Waals surface area contributed by atoms with E-state index in [2.05, 4.69) is 4.90 Å². The lowest BCUT2D eigenvalue weighted by molar-refractivity contribution is -0.122. The summed E-state index contributed by atoms with van der Waals surface area (Å²) in [4.78, 5) is 13.6. The van der Waals surface area contributed by atoms with Gasteiger partial charge in [-0.15, -0.1) is 0 Å². The molecule has 0 aromatic heterocycles. The van der Waals surface area contributed by atoms with E-state index >= 15 is 0 Å².